The summed E-state index contributed by atoms with van der Waals surface area (Å²) < 4.78 is 27.2. The molecule has 0 bridgehead atoms. The van der Waals surface area contributed by atoms with Crippen molar-refractivity contribution in [3.63, 3.8) is 0 Å². The van der Waals surface area contributed by atoms with Gasteiger partial charge < -0.3 is 21.1 Å². The molecule has 0 radical (unpaired) electrons. The molecule has 0 unspecified atom stereocenters. The lowest BCUT2D eigenvalue weighted by Crippen LogP contribution is -2.05. The Kier molecular flexibility index (Phi) is 6.35. The molecule has 5 aromatic rings. The molecule has 12 heteroatoms. The number of carbonyl (C=O) groups is 1. The maximum Gasteiger partial charge on any atom is 0.242 e. The molecule has 0 aliphatic carbocycles. The third kappa shape index (κ3) is 4.26. The summed E-state index contributed by atoms with van der Waals surface area (Å²) in [4.78, 5) is 17.8. The third-order valence-corrected chi connectivity index (χ3v) is 9.24. The quantitative estimate of drug-likeness (QED) is 0.165. The number of hydrogen-bond donors (Lipinski definition) is 4. The normalized spacial score (nSPS) is 11.5. The van der Waals surface area contributed by atoms with Gasteiger partial charge >= 0.3 is 0 Å². The Morgan fingerprint density at radius 1 is 0.974 bits per heavy atom. The average molecular weight is 568 g/mol. The summed E-state index contributed by atoms with van der Waals surface area (Å²) in [5, 5.41) is 31.8. The van der Waals surface area contributed by atoms with Gasteiger partial charge in [0, 0.05) is 16.8 Å². The van der Waals surface area contributed by atoms with Gasteiger partial charge in [-0.1, -0.05) is 41.1 Å². The fourth-order valence-electron chi connectivity index (χ4n) is 3.85. The van der Waals surface area contributed by atoms with Gasteiger partial charge in [0.05, 0.1) is 27.4 Å². The lowest BCUT2D eigenvalue weighted by Gasteiger charge is -2.10. The standard InChI is InChI=1S/C26H18ClN3O6S2/c27-18-12-15(8-11-19(18)31)22-21(23(32)14-6-9-16(28)10-7-14)24(33)25(34)30(22)26-29-13-20(37-26)38(35,36)17-4-2-1-3-5-17/h1-13,31,33-34H,28H2. The highest BCUT2D eigenvalue weighted by Crippen LogP contribution is 2.46. The van der Waals surface area contributed by atoms with E-state index >= 15 is 0 Å². The Morgan fingerprint density at radius 3 is 2.32 bits per heavy atom. The lowest BCUT2D eigenvalue weighted by atomic mass is 9.99. The Bertz CT molecular complexity index is 1800. The first-order valence-corrected chi connectivity index (χ1v) is 13.6. The van der Waals surface area contributed by atoms with Crippen molar-refractivity contribution < 1.29 is 28.5 Å². The molecule has 192 valence electrons. The van der Waals surface area contributed by atoms with Crippen LogP contribution in [0.1, 0.15) is 15.9 Å². The van der Waals surface area contributed by atoms with Crippen LogP contribution in [0.2, 0.25) is 5.02 Å². The van der Waals surface area contributed by atoms with Gasteiger partial charge in [-0.2, -0.15) is 0 Å². The second kappa shape index (κ2) is 9.53. The number of benzene rings is 3. The molecule has 0 atom stereocenters. The summed E-state index contributed by atoms with van der Waals surface area (Å²) in [6, 6.07) is 17.8. The first kappa shape index (κ1) is 25.3. The minimum atomic E-state index is -3.93. The van der Waals surface area contributed by atoms with Gasteiger partial charge in [-0.3, -0.25) is 9.36 Å². The molecule has 5 rings (SSSR count). The third-order valence-electron chi connectivity index (χ3n) is 5.72. The van der Waals surface area contributed by atoms with Crippen LogP contribution in [0, 0.1) is 0 Å². The summed E-state index contributed by atoms with van der Waals surface area (Å²) in [6.45, 7) is 0. The van der Waals surface area contributed by atoms with E-state index in [2.05, 4.69) is 4.98 Å². The van der Waals surface area contributed by atoms with Gasteiger partial charge in [0.2, 0.25) is 15.7 Å². The molecule has 0 fully saturated rings. The van der Waals surface area contributed by atoms with Crippen LogP contribution in [0.15, 0.2) is 88.1 Å². The van der Waals surface area contributed by atoms with E-state index in [-0.39, 0.29) is 47.4 Å². The number of aromatic nitrogens is 2. The molecule has 0 saturated heterocycles. The second-order valence-corrected chi connectivity index (χ2v) is 11.7. The van der Waals surface area contributed by atoms with Crippen LogP contribution >= 0.6 is 22.9 Å². The molecule has 38 heavy (non-hydrogen) atoms. The molecule has 0 saturated carbocycles. The zero-order valence-electron chi connectivity index (χ0n) is 19.2. The Labute approximate surface area is 225 Å². The summed E-state index contributed by atoms with van der Waals surface area (Å²) in [5.74, 6) is -2.35. The van der Waals surface area contributed by atoms with Crippen molar-refractivity contribution in [2.45, 2.75) is 9.10 Å². The van der Waals surface area contributed by atoms with E-state index in [9.17, 15) is 28.5 Å². The van der Waals surface area contributed by atoms with Crippen molar-refractivity contribution in [1.82, 2.24) is 9.55 Å². The molecule has 3 aromatic carbocycles. The minimum absolute atomic E-state index is 0.0123. The van der Waals surface area contributed by atoms with Crippen molar-refractivity contribution in [2.75, 3.05) is 5.73 Å². The number of hydrogen-bond acceptors (Lipinski definition) is 9. The number of ketones is 1. The number of phenols is 1. The number of carbonyl (C=O) groups excluding carboxylic acids is 1. The Hall–Kier alpha value is -4.32. The minimum Gasteiger partial charge on any atom is -0.506 e. The fraction of sp³-hybridized carbons (Fsp3) is 0. The number of phenolic OH excluding ortho intramolecular Hbond substituents is 1. The molecule has 0 spiro atoms. The predicted octanol–water partition coefficient (Wildman–Crippen LogP) is 5.02. The van der Waals surface area contributed by atoms with Crippen molar-refractivity contribution in [2.24, 2.45) is 0 Å². The van der Waals surface area contributed by atoms with Crippen LogP contribution in [-0.2, 0) is 9.84 Å². The highest BCUT2D eigenvalue weighted by Gasteiger charge is 2.32. The number of nitrogen functional groups attached to an aromatic ring is 1. The number of halogens is 1. The number of aromatic hydroxyl groups is 3. The van der Waals surface area contributed by atoms with E-state index in [1.165, 1.54) is 54.6 Å². The Morgan fingerprint density at radius 2 is 1.66 bits per heavy atom. The van der Waals surface area contributed by atoms with Gasteiger partial charge in [-0.15, -0.1) is 0 Å². The zero-order chi connectivity index (χ0) is 27.2. The van der Waals surface area contributed by atoms with E-state index in [4.69, 9.17) is 17.3 Å². The van der Waals surface area contributed by atoms with E-state index in [1.54, 1.807) is 18.2 Å². The van der Waals surface area contributed by atoms with Crippen molar-refractivity contribution in [3.8, 4) is 33.8 Å². The molecular formula is C26H18ClN3O6S2. The number of nitrogens with zero attached hydrogens (tertiary/aromatic N) is 2. The molecule has 0 aliphatic rings. The van der Waals surface area contributed by atoms with E-state index < -0.39 is 27.2 Å². The zero-order valence-corrected chi connectivity index (χ0v) is 21.6. The lowest BCUT2D eigenvalue weighted by molar-refractivity contribution is 0.103. The summed E-state index contributed by atoms with van der Waals surface area (Å²) in [6.07, 6.45) is 1.13. The SMILES string of the molecule is Nc1ccc(C(=O)c2c(O)c(O)n(-c3ncc(S(=O)(=O)c4ccccc4)s3)c2-c2ccc(O)c(Cl)c2)cc1. The number of thiazole rings is 1. The number of sulfone groups is 1. The monoisotopic (exact) mass is 567 g/mol. The molecule has 2 aromatic heterocycles. The fourth-order valence-corrected chi connectivity index (χ4v) is 6.58. The molecule has 0 aliphatic heterocycles. The smallest absolute Gasteiger partial charge is 0.242 e. The largest absolute Gasteiger partial charge is 0.506 e. The second-order valence-electron chi connectivity index (χ2n) is 8.13. The number of anilines is 1. The van der Waals surface area contributed by atoms with Gasteiger partial charge in [0.25, 0.3) is 0 Å². The topological polar surface area (TPSA) is 156 Å². The van der Waals surface area contributed by atoms with Crippen LogP contribution < -0.4 is 5.73 Å². The maximum absolute atomic E-state index is 13.6. The van der Waals surface area contributed by atoms with Crippen LogP contribution in [0.25, 0.3) is 16.4 Å². The first-order chi connectivity index (χ1) is 18.1. The molecule has 2 heterocycles. The van der Waals surface area contributed by atoms with Crippen LogP contribution in [-0.4, -0.2) is 39.1 Å². The van der Waals surface area contributed by atoms with Crippen molar-refractivity contribution in [3.05, 3.63) is 95.1 Å². The molecule has 5 N–H and O–H groups in total. The van der Waals surface area contributed by atoms with Crippen LogP contribution in [0.5, 0.6) is 17.4 Å². The van der Waals surface area contributed by atoms with E-state index in [0.717, 1.165) is 22.1 Å². The number of nitrogens with two attached hydrogens (primary N) is 1. The highest BCUT2D eigenvalue weighted by atomic mass is 35.5. The summed E-state index contributed by atoms with van der Waals surface area (Å²) >= 11 is 6.86. The average Bonchev–Trinajstić information content (AvgIpc) is 3.50. The summed E-state index contributed by atoms with van der Waals surface area (Å²) in [5.41, 5.74) is 6.27. The van der Waals surface area contributed by atoms with Crippen LogP contribution in [0.4, 0.5) is 5.69 Å². The van der Waals surface area contributed by atoms with Gasteiger partial charge in [0.15, 0.2) is 16.7 Å². The first-order valence-electron chi connectivity index (χ1n) is 10.9. The Balaban J connectivity index is 1.74. The van der Waals surface area contributed by atoms with E-state index in [1.807, 2.05) is 0 Å². The van der Waals surface area contributed by atoms with E-state index in [0.29, 0.717) is 5.69 Å². The maximum atomic E-state index is 13.6. The number of rotatable bonds is 6. The molecule has 9 nitrogen and oxygen atoms in total. The van der Waals surface area contributed by atoms with Gasteiger partial charge in [-0.25, -0.2) is 13.4 Å². The highest BCUT2D eigenvalue weighted by molar-refractivity contribution is 7.93. The van der Waals surface area contributed by atoms with Crippen molar-refractivity contribution >= 4 is 44.2 Å². The molecule has 0 amide bonds. The molecular weight excluding hydrogens is 550 g/mol. The summed E-state index contributed by atoms with van der Waals surface area (Å²) in [7, 11) is -3.93. The van der Waals surface area contributed by atoms with Crippen molar-refractivity contribution in [1.29, 1.82) is 0 Å². The van der Waals surface area contributed by atoms with Gasteiger partial charge in [-0.05, 0) is 54.6 Å². The predicted molar refractivity (Wildman–Crippen MR) is 143 cm³/mol. The van der Waals surface area contributed by atoms with Crippen LogP contribution in [0.3, 0.4) is 0 Å². The van der Waals surface area contributed by atoms with Gasteiger partial charge in [0.1, 0.15) is 9.96 Å².